The average Bonchev–Trinajstić information content (AvgIpc) is 2.65. The first-order chi connectivity index (χ1) is 7.29. The third kappa shape index (κ3) is 2.38. The van der Waals surface area contributed by atoms with Gasteiger partial charge in [0.15, 0.2) is 0 Å². The Morgan fingerprint density at radius 1 is 1.33 bits per heavy atom. The summed E-state index contributed by atoms with van der Waals surface area (Å²) < 4.78 is 0. The van der Waals surface area contributed by atoms with Crippen molar-refractivity contribution in [1.82, 2.24) is 5.32 Å². The first-order valence-corrected chi connectivity index (χ1v) is 5.67. The fourth-order valence-corrected chi connectivity index (χ4v) is 2.18. The molecule has 1 N–H and O–H groups in total. The summed E-state index contributed by atoms with van der Waals surface area (Å²) in [5.41, 5.74) is 4.05. The lowest BCUT2D eigenvalue weighted by atomic mass is 10.0. The van der Waals surface area contributed by atoms with Gasteiger partial charge in [-0.3, -0.25) is 4.79 Å². The number of aryl methyl sites for hydroxylation is 2. The quantitative estimate of drug-likeness (QED) is 0.798. The van der Waals surface area contributed by atoms with Crippen LogP contribution >= 0.6 is 0 Å². The highest BCUT2D eigenvalue weighted by Gasteiger charge is 2.11. The maximum Gasteiger partial charge on any atom is 0.224 e. The summed E-state index contributed by atoms with van der Waals surface area (Å²) in [6.45, 7) is 2.66. The molecule has 0 atom stereocenters. The topological polar surface area (TPSA) is 29.1 Å². The molecule has 0 radical (unpaired) electrons. The van der Waals surface area contributed by atoms with E-state index in [9.17, 15) is 4.79 Å². The van der Waals surface area contributed by atoms with Crippen LogP contribution in [0.1, 0.15) is 30.0 Å². The number of hydrogen-bond acceptors (Lipinski definition) is 1. The summed E-state index contributed by atoms with van der Waals surface area (Å²) in [6.07, 6.45) is 4.16. The summed E-state index contributed by atoms with van der Waals surface area (Å²) in [5.74, 6) is 0.121. The molecule has 2 heteroatoms. The Labute approximate surface area is 90.7 Å². The number of carbonyl (C=O) groups is 1. The molecule has 15 heavy (non-hydrogen) atoms. The molecular formula is C13H17NO. The van der Waals surface area contributed by atoms with E-state index in [1.807, 2.05) is 6.92 Å². The highest BCUT2D eigenvalue weighted by atomic mass is 16.1. The highest BCUT2D eigenvalue weighted by Crippen LogP contribution is 2.22. The van der Waals surface area contributed by atoms with Crippen molar-refractivity contribution >= 4 is 5.91 Å². The molecule has 1 aliphatic rings. The van der Waals surface area contributed by atoms with Crippen LogP contribution in [0.15, 0.2) is 18.2 Å². The van der Waals surface area contributed by atoms with Gasteiger partial charge < -0.3 is 5.32 Å². The molecule has 80 valence electrons. The number of nitrogens with one attached hydrogen (secondary N) is 1. The standard InChI is InChI=1S/C13H17NO/c1-2-14-13(15)9-10-6-7-11-4-3-5-12(11)8-10/h6-8H,2-5,9H2,1H3,(H,14,15). The molecule has 0 fully saturated rings. The number of benzene rings is 1. The van der Waals surface area contributed by atoms with E-state index in [-0.39, 0.29) is 5.91 Å². The fraction of sp³-hybridized carbons (Fsp3) is 0.462. The first kappa shape index (κ1) is 10.2. The number of amides is 1. The molecule has 0 aliphatic heterocycles. The second-order valence-electron chi connectivity index (χ2n) is 4.09. The molecule has 0 spiro atoms. The summed E-state index contributed by atoms with van der Waals surface area (Å²) in [7, 11) is 0. The normalized spacial score (nSPS) is 13.7. The average molecular weight is 203 g/mol. The van der Waals surface area contributed by atoms with E-state index >= 15 is 0 Å². The third-order valence-corrected chi connectivity index (χ3v) is 2.90. The van der Waals surface area contributed by atoms with Gasteiger partial charge in [-0.05, 0) is 42.9 Å². The van der Waals surface area contributed by atoms with Gasteiger partial charge in [0.2, 0.25) is 5.91 Å². The maximum absolute atomic E-state index is 11.4. The minimum atomic E-state index is 0.121. The summed E-state index contributed by atoms with van der Waals surface area (Å²) >= 11 is 0. The second kappa shape index (κ2) is 4.47. The van der Waals surface area contributed by atoms with Crippen molar-refractivity contribution in [2.75, 3.05) is 6.54 Å². The molecule has 0 heterocycles. The van der Waals surface area contributed by atoms with E-state index < -0.39 is 0 Å². The summed E-state index contributed by atoms with van der Waals surface area (Å²) in [5, 5.41) is 2.82. The predicted octanol–water partition coefficient (Wildman–Crippen LogP) is 1.85. The van der Waals surface area contributed by atoms with Crippen molar-refractivity contribution in [3.05, 3.63) is 34.9 Å². The van der Waals surface area contributed by atoms with Gasteiger partial charge >= 0.3 is 0 Å². The Morgan fingerprint density at radius 3 is 2.93 bits per heavy atom. The van der Waals surface area contributed by atoms with Crippen LogP contribution in [0.3, 0.4) is 0 Å². The Morgan fingerprint density at radius 2 is 2.13 bits per heavy atom. The molecule has 0 saturated heterocycles. The largest absolute Gasteiger partial charge is 0.356 e. The van der Waals surface area contributed by atoms with Gasteiger partial charge in [-0.15, -0.1) is 0 Å². The minimum absolute atomic E-state index is 0.121. The number of hydrogen-bond donors (Lipinski definition) is 1. The lowest BCUT2D eigenvalue weighted by Gasteiger charge is -2.05. The van der Waals surface area contributed by atoms with Crippen molar-refractivity contribution in [1.29, 1.82) is 0 Å². The second-order valence-corrected chi connectivity index (χ2v) is 4.09. The zero-order valence-electron chi connectivity index (χ0n) is 9.18. The number of carbonyl (C=O) groups excluding carboxylic acids is 1. The maximum atomic E-state index is 11.4. The van der Waals surface area contributed by atoms with Crippen LogP contribution in [0.25, 0.3) is 0 Å². The Hall–Kier alpha value is -1.31. The molecule has 0 unspecified atom stereocenters. The zero-order valence-corrected chi connectivity index (χ0v) is 9.18. The van der Waals surface area contributed by atoms with Crippen LogP contribution in [0.2, 0.25) is 0 Å². The van der Waals surface area contributed by atoms with E-state index in [1.54, 1.807) is 0 Å². The minimum Gasteiger partial charge on any atom is -0.356 e. The lowest BCUT2D eigenvalue weighted by Crippen LogP contribution is -2.24. The van der Waals surface area contributed by atoms with Crippen LogP contribution in [-0.2, 0) is 24.1 Å². The van der Waals surface area contributed by atoms with E-state index in [2.05, 4.69) is 23.5 Å². The molecule has 2 nitrogen and oxygen atoms in total. The first-order valence-electron chi connectivity index (χ1n) is 5.67. The van der Waals surface area contributed by atoms with Crippen molar-refractivity contribution < 1.29 is 4.79 Å². The Kier molecular flexibility index (Phi) is 3.05. The van der Waals surface area contributed by atoms with Gasteiger partial charge in [0, 0.05) is 6.54 Å². The molecule has 0 saturated carbocycles. The monoisotopic (exact) mass is 203 g/mol. The van der Waals surface area contributed by atoms with Crippen LogP contribution in [-0.4, -0.2) is 12.5 Å². The molecule has 0 bridgehead atoms. The van der Waals surface area contributed by atoms with Crippen molar-refractivity contribution in [2.45, 2.75) is 32.6 Å². The van der Waals surface area contributed by atoms with Gasteiger partial charge in [0.05, 0.1) is 6.42 Å². The molecule has 1 aromatic rings. The Balaban J connectivity index is 2.06. The van der Waals surface area contributed by atoms with Crippen LogP contribution in [0.4, 0.5) is 0 Å². The van der Waals surface area contributed by atoms with Gasteiger partial charge in [-0.1, -0.05) is 18.2 Å². The van der Waals surface area contributed by atoms with Crippen molar-refractivity contribution in [2.24, 2.45) is 0 Å². The van der Waals surface area contributed by atoms with E-state index in [0.717, 1.165) is 5.56 Å². The van der Waals surface area contributed by atoms with Gasteiger partial charge in [-0.2, -0.15) is 0 Å². The molecule has 1 aliphatic carbocycles. The molecule has 0 aromatic heterocycles. The highest BCUT2D eigenvalue weighted by molar-refractivity contribution is 5.78. The smallest absolute Gasteiger partial charge is 0.224 e. The molecule has 1 amide bonds. The third-order valence-electron chi connectivity index (χ3n) is 2.90. The van der Waals surface area contributed by atoms with Crippen molar-refractivity contribution in [3.8, 4) is 0 Å². The van der Waals surface area contributed by atoms with Gasteiger partial charge in [0.25, 0.3) is 0 Å². The number of fused-ring (bicyclic) bond motifs is 1. The SMILES string of the molecule is CCNC(=O)Cc1ccc2c(c1)CCC2. The molecule has 2 rings (SSSR count). The predicted molar refractivity (Wildman–Crippen MR) is 60.9 cm³/mol. The molecular weight excluding hydrogens is 186 g/mol. The zero-order chi connectivity index (χ0) is 10.7. The van der Waals surface area contributed by atoms with Gasteiger partial charge in [-0.25, -0.2) is 0 Å². The van der Waals surface area contributed by atoms with Crippen LogP contribution in [0.5, 0.6) is 0 Å². The van der Waals surface area contributed by atoms with Crippen molar-refractivity contribution in [3.63, 3.8) is 0 Å². The summed E-state index contributed by atoms with van der Waals surface area (Å²) in [4.78, 5) is 11.4. The number of likely N-dealkylation sites (N-methyl/N-ethyl adjacent to an activating group) is 1. The van der Waals surface area contributed by atoms with E-state index in [4.69, 9.17) is 0 Å². The lowest BCUT2D eigenvalue weighted by molar-refractivity contribution is -0.120. The number of rotatable bonds is 3. The van der Waals surface area contributed by atoms with Gasteiger partial charge in [0.1, 0.15) is 0 Å². The van der Waals surface area contributed by atoms with E-state index in [1.165, 1.54) is 30.4 Å². The summed E-state index contributed by atoms with van der Waals surface area (Å²) in [6, 6.07) is 6.45. The Bertz CT molecular complexity index is 371. The van der Waals surface area contributed by atoms with E-state index in [0.29, 0.717) is 13.0 Å². The fourth-order valence-electron chi connectivity index (χ4n) is 2.18. The molecule has 1 aromatic carbocycles. The van der Waals surface area contributed by atoms with Crippen LogP contribution in [0, 0.1) is 0 Å². The van der Waals surface area contributed by atoms with Crippen LogP contribution < -0.4 is 5.32 Å².